The van der Waals surface area contributed by atoms with Gasteiger partial charge in [0.2, 0.25) is 0 Å². The van der Waals surface area contributed by atoms with Gasteiger partial charge in [0.25, 0.3) is 5.91 Å². The van der Waals surface area contributed by atoms with Crippen molar-refractivity contribution in [2.24, 2.45) is 0 Å². The van der Waals surface area contributed by atoms with Gasteiger partial charge in [0.05, 0.1) is 36.9 Å². The molecule has 0 unspecified atom stereocenters. The van der Waals surface area contributed by atoms with Crippen molar-refractivity contribution >= 4 is 23.2 Å². The standard InChI is InChI=1S/C21H26ClN3O/c1-16-7-9-18(10-8-16)15-23-21(26)17(2)24-11-13-25(14-12-24)20-6-4-3-5-19(20)22/h3-10,17H,11-15H2,1-2H3,(H,23,26)/p+1/t17-/m0/s1. The number of para-hydroxylation sites is 1. The molecule has 1 aliphatic heterocycles. The second-order valence-electron chi connectivity index (χ2n) is 7.02. The van der Waals surface area contributed by atoms with Crippen LogP contribution in [-0.4, -0.2) is 38.1 Å². The zero-order chi connectivity index (χ0) is 18.5. The van der Waals surface area contributed by atoms with Gasteiger partial charge in [0, 0.05) is 6.54 Å². The SMILES string of the molecule is Cc1ccc(CNC(=O)[C@H](C)[NH+]2CCN(c3ccccc3Cl)CC2)cc1. The summed E-state index contributed by atoms with van der Waals surface area (Å²) >= 11 is 6.30. The first-order valence-corrected chi connectivity index (χ1v) is 9.59. The van der Waals surface area contributed by atoms with E-state index in [1.54, 1.807) is 0 Å². The van der Waals surface area contributed by atoms with Crippen LogP contribution in [0.15, 0.2) is 48.5 Å². The van der Waals surface area contributed by atoms with Crippen LogP contribution in [0.25, 0.3) is 0 Å². The van der Waals surface area contributed by atoms with Gasteiger partial charge in [-0.15, -0.1) is 0 Å². The Morgan fingerprint density at radius 2 is 1.81 bits per heavy atom. The van der Waals surface area contributed by atoms with Crippen molar-refractivity contribution in [3.63, 3.8) is 0 Å². The van der Waals surface area contributed by atoms with Crippen LogP contribution in [0.3, 0.4) is 0 Å². The first kappa shape index (κ1) is 18.7. The highest BCUT2D eigenvalue weighted by atomic mass is 35.5. The minimum Gasteiger partial charge on any atom is -0.359 e. The van der Waals surface area contributed by atoms with Gasteiger partial charge in [-0.05, 0) is 31.5 Å². The third-order valence-corrected chi connectivity index (χ3v) is 5.51. The molecule has 0 aromatic heterocycles. The summed E-state index contributed by atoms with van der Waals surface area (Å²) in [6.07, 6.45) is 0. The van der Waals surface area contributed by atoms with Crippen LogP contribution in [0.2, 0.25) is 5.02 Å². The lowest BCUT2D eigenvalue weighted by molar-refractivity contribution is -0.914. The normalized spacial score (nSPS) is 16.3. The lowest BCUT2D eigenvalue weighted by Gasteiger charge is -2.36. The first-order valence-electron chi connectivity index (χ1n) is 9.22. The maximum atomic E-state index is 12.5. The number of anilines is 1. The highest BCUT2D eigenvalue weighted by Gasteiger charge is 2.29. The summed E-state index contributed by atoms with van der Waals surface area (Å²) in [5, 5.41) is 3.86. The van der Waals surface area contributed by atoms with E-state index >= 15 is 0 Å². The fraction of sp³-hybridized carbons (Fsp3) is 0.381. The monoisotopic (exact) mass is 372 g/mol. The zero-order valence-corrected chi connectivity index (χ0v) is 16.2. The van der Waals surface area contributed by atoms with Gasteiger partial charge >= 0.3 is 0 Å². The molecule has 0 spiro atoms. The molecule has 0 aliphatic carbocycles. The number of nitrogens with zero attached hydrogens (tertiary/aromatic N) is 1. The molecule has 2 aromatic rings. The van der Waals surface area contributed by atoms with Crippen molar-refractivity contribution in [3.8, 4) is 0 Å². The first-order chi connectivity index (χ1) is 12.5. The molecule has 2 aromatic carbocycles. The summed E-state index contributed by atoms with van der Waals surface area (Å²) in [5.41, 5.74) is 3.45. The van der Waals surface area contributed by atoms with Gasteiger partial charge in [0.15, 0.2) is 6.04 Å². The number of aryl methyl sites for hydroxylation is 1. The van der Waals surface area contributed by atoms with E-state index in [4.69, 9.17) is 11.6 Å². The van der Waals surface area contributed by atoms with E-state index in [0.29, 0.717) is 6.54 Å². The summed E-state index contributed by atoms with van der Waals surface area (Å²) in [7, 11) is 0. The average Bonchev–Trinajstić information content (AvgIpc) is 2.67. The summed E-state index contributed by atoms with van der Waals surface area (Å²) in [6, 6.07) is 16.2. The van der Waals surface area contributed by atoms with Crippen molar-refractivity contribution in [1.29, 1.82) is 0 Å². The lowest BCUT2D eigenvalue weighted by Crippen LogP contribution is -3.19. The number of quaternary nitrogens is 1. The van der Waals surface area contributed by atoms with Gasteiger partial charge in [-0.2, -0.15) is 0 Å². The smallest absolute Gasteiger partial charge is 0.278 e. The van der Waals surface area contributed by atoms with E-state index in [9.17, 15) is 4.79 Å². The van der Waals surface area contributed by atoms with Crippen LogP contribution in [0.5, 0.6) is 0 Å². The number of hydrogen-bond acceptors (Lipinski definition) is 2. The molecule has 26 heavy (non-hydrogen) atoms. The predicted molar refractivity (Wildman–Crippen MR) is 107 cm³/mol. The molecule has 1 saturated heterocycles. The predicted octanol–water partition coefficient (Wildman–Crippen LogP) is 2.06. The van der Waals surface area contributed by atoms with E-state index in [-0.39, 0.29) is 11.9 Å². The number of carbonyl (C=O) groups excluding carboxylic acids is 1. The maximum absolute atomic E-state index is 12.5. The number of rotatable bonds is 5. The van der Waals surface area contributed by atoms with Gasteiger partial charge < -0.3 is 15.1 Å². The Bertz CT molecular complexity index is 739. The summed E-state index contributed by atoms with van der Waals surface area (Å²) in [5.74, 6) is 0.117. The van der Waals surface area contributed by atoms with E-state index in [2.05, 4.69) is 47.5 Å². The van der Waals surface area contributed by atoms with Crippen molar-refractivity contribution in [3.05, 3.63) is 64.7 Å². The fourth-order valence-corrected chi connectivity index (χ4v) is 3.66. The average molecular weight is 373 g/mol. The maximum Gasteiger partial charge on any atom is 0.278 e. The topological polar surface area (TPSA) is 36.8 Å². The van der Waals surface area contributed by atoms with E-state index in [1.165, 1.54) is 10.5 Å². The molecule has 3 rings (SSSR count). The Morgan fingerprint density at radius 1 is 1.15 bits per heavy atom. The minimum atomic E-state index is -0.0474. The highest BCUT2D eigenvalue weighted by molar-refractivity contribution is 6.33. The van der Waals surface area contributed by atoms with Gasteiger partial charge in [-0.3, -0.25) is 4.79 Å². The molecule has 2 N–H and O–H groups in total. The number of piperazine rings is 1. The molecule has 1 aliphatic rings. The van der Waals surface area contributed by atoms with Gasteiger partial charge in [0.1, 0.15) is 0 Å². The number of nitrogens with one attached hydrogen (secondary N) is 2. The Labute approximate surface area is 160 Å². The van der Waals surface area contributed by atoms with Crippen LogP contribution >= 0.6 is 11.6 Å². The van der Waals surface area contributed by atoms with Crippen LogP contribution in [0.4, 0.5) is 5.69 Å². The molecule has 138 valence electrons. The Hall–Kier alpha value is -2.04. The molecule has 0 bridgehead atoms. The number of halogens is 1. The molecular formula is C21H27ClN3O+. The van der Waals surface area contributed by atoms with Crippen LogP contribution < -0.4 is 15.1 Å². The molecular weight excluding hydrogens is 346 g/mol. The van der Waals surface area contributed by atoms with Crippen molar-refractivity contribution in [1.82, 2.24) is 5.32 Å². The van der Waals surface area contributed by atoms with Crippen molar-refractivity contribution in [2.75, 3.05) is 31.1 Å². The Kier molecular flexibility index (Phi) is 6.17. The minimum absolute atomic E-state index is 0.0474. The molecule has 1 amide bonds. The van der Waals surface area contributed by atoms with Crippen molar-refractivity contribution in [2.45, 2.75) is 26.4 Å². The molecule has 1 heterocycles. The number of benzene rings is 2. The number of amides is 1. The van der Waals surface area contributed by atoms with Crippen LogP contribution in [-0.2, 0) is 11.3 Å². The molecule has 4 nitrogen and oxygen atoms in total. The molecule has 0 saturated carbocycles. The third kappa shape index (κ3) is 4.57. The second kappa shape index (κ2) is 8.56. The number of carbonyl (C=O) groups is 1. The van der Waals surface area contributed by atoms with Crippen LogP contribution in [0.1, 0.15) is 18.1 Å². The summed E-state index contributed by atoms with van der Waals surface area (Å²) < 4.78 is 0. The Balaban J connectivity index is 1.49. The summed E-state index contributed by atoms with van der Waals surface area (Å²) in [6.45, 7) is 8.36. The van der Waals surface area contributed by atoms with E-state index in [0.717, 1.165) is 42.5 Å². The molecule has 0 radical (unpaired) electrons. The quantitative estimate of drug-likeness (QED) is 0.843. The van der Waals surface area contributed by atoms with Crippen molar-refractivity contribution < 1.29 is 9.69 Å². The molecule has 1 atom stereocenters. The largest absolute Gasteiger partial charge is 0.359 e. The van der Waals surface area contributed by atoms with E-state index in [1.807, 2.05) is 25.1 Å². The molecule has 1 fully saturated rings. The number of hydrogen-bond donors (Lipinski definition) is 2. The van der Waals surface area contributed by atoms with Crippen LogP contribution in [0, 0.1) is 6.92 Å². The Morgan fingerprint density at radius 3 is 2.46 bits per heavy atom. The second-order valence-corrected chi connectivity index (χ2v) is 7.43. The van der Waals surface area contributed by atoms with Gasteiger partial charge in [-0.1, -0.05) is 53.6 Å². The fourth-order valence-electron chi connectivity index (χ4n) is 3.41. The van der Waals surface area contributed by atoms with E-state index < -0.39 is 0 Å². The zero-order valence-electron chi connectivity index (χ0n) is 15.5. The molecule has 5 heteroatoms. The lowest BCUT2D eigenvalue weighted by atomic mass is 10.1. The third-order valence-electron chi connectivity index (χ3n) is 5.19. The van der Waals surface area contributed by atoms with Gasteiger partial charge in [-0.25, -0.2) is 0 Å². The highest BCUT2D eigenvalue weighted by Crippen LogP contribution is 2.24. The summed E-state index contributed by atoms with van der Waals surface area (Å²) in [4.78, 5) is 16.2.